The number of aromatic nitrogens is 2. The van der Waals surface area contributed by atoms with E-state index in [1.165, 1.54) is 0 Å². The zero-order chi connectivity index (χ0) is 16.5. The topological polar surface area (TPSA) is 67.2 Å². The molecular formula is C19H16N4O. The molecule has 4 rings (SSSR count). The first-order chi connectivity index (χ1) is 11.7. The van der Waals surface area contributed by atoms with Gasteiger partial charge in [-0.3, -0.25) is 9.78 Å². The third-order valence-electron chi connectivity index (χ3n) is 4.17. The van der Waals surface area contributed by atoms with E-state index in [4.69, 9.17) is 4.98 Å². The van der Waals surface area contributed by atoms with Crippen LogP contribution >= 0.6 is 0 Å². The minimum Gasteiger partial charge on any atom is -0.273 e. The van der Waals surface area contributed by atoms with Crippen molar-refractivity contribution in [3.8, 4) is 11.3 Å². The molecule has 1 unspecified atom stereocenters. The minimum atomic E-state index is -0.0423. The van der Waals surface area contributed by atoms with Crippen LogP contribution in [0.3, 0.4) is 0 Å². The molecule has 1 atom stereocenters. The summed E-state index contributed by atoms with van der Waals surface area (Å²) in [7, 11) is 0. The maximum Gasteiger partial charge on any atom is 0.240 e. The monoisotopic (exact) mass is 316 g/mol. The summed E-state index contributed by atoms with van der Waals surface area (Å²) in [5.41, 5.74) is 7.96. The zero-order valence-electron chi connectivity index (χ0n) is 13.2. The van der Waals surface area contributed by atoms with Gasteiger partial charge in [-0.1, -0.05) is 43.3 Å². The predicted octanol–water partition coefficient (Wildman–Crippen LogP) is 3.16. The summed E-state index contributed by atoms with van der Waals surface area (Å²) in [6.07, 6.45) is 2.24. The molecule has 0 aliphatic carbocycles. The Kier molecular flexibility index (Phi) is 3.54. The van der Waals surface area contributed by atoms with Crippen LogP contribution in [0.4, 0.5) is 0 Å². The number of nitrogens with one attached hydrogen (secondary N) is 1. The average molecular weight is 316 g/mol. The van der Waals surface area contributed by atoms with E-state index in [0.717, 1.165) is 33.6 Å². The van der Waals surface area contributed by atoms with Crippen LogP contribution in [-0.2, 0) is 4.79 Å². The van der Waals surface area contributed by atoms with Crippen molar-refractivity contribution < 1.29 is 4.79 Å². The molecule has 1 aliphatic rings. The van der Waals surface area contributed by atoms with Gasteiger partial charge in [-0.15, -0.1) is 0 Å². The largest absolute Gasteiger partial charge is 0.273 e. The number of nitrogens with zero attached hydrogens (tertiary/aromatic N) is 3. The first-order valence-electron chi connectivity index (χ1n) is 7.90. The van der Waals surface area contributed by atoms with Gasteiger partial charge in [0.15, 0.2) is 0 Å². The van der Waals surface area contributed by atoms with E-state index in [1.807, 2.05) is 55.5 Å². The van der Waals surface area contributed by atoms with Gasteiger partial charge in [0.25, 0.3) is 0 Å². The minimum absolute atomic E-state index is 0.0423. The number of rotatable bonds is 2. The second kappa shape index (κ2) is 5.85. The van der Waals surface area contributed by atoms with Crippen molar-refractivity contribution in [2.24, 2.45) is 11.0 Å². The third-order valence-corrected chi connectivity index (χ3v) is 4.17. The lowest BCUT2D eigenvalue weighted by Gasteiger charge is -2.19. The molecule has 24 heavy (non-hydrogen) atoms. The maximum absolute atomic E-state index is 11.4. The van der Waals surface area contributed by atoms with E-state index in [-0.39, 0.29) is 11.8 Å². The highest BCUT2D eigenvalue weighted by atomic mass is 16.2. The molecule has 0 fully saturated rings. The first-order valence-corrected chi connectivity index (χ1v) is 7.90. The van der Waals surface area contributed by atoms with Gasteiger partial charge in [-0.05, 0) is 12.1 Å². The Labute approximate surface area is 139 Å². The van der Waals surface area contributed by atoms with Gasteiger partial charge in [-0.25, -0.2) is 10.4 Å². The molecule has 0 bridgehead atoms. The Hall–Kier alpha value is -3.08. The lowest BCUT2D eigenvalue weighted by molar-refractivity contribution is -0.121. The fourth-order valence-electron chi connectivity index (χ4n) is 2.92. The second-order valence-corrected chi connectivity index (χ2v) is 5.96. The van der Waals surface area contributed by atoms with E-state index in [9.17, 15) is 4.79 Å². The summed E-state index contributed by atoms with van der Waals surface area (Å²) in [6, 6.07) is 15.9. The summed E-state index contributed by atoms with van der Waals surface area (Å²) in [5, 5.41) is 4.20. The zero-order valence-corrected chi connectivity index (χ0v) is 13.2. The molecular weight excluding hydrogens is 300 g/mol. The third kappa shape index (κ3) is 2.65. The number of benzene rings is 2. The highest BCUT2D eigenvalue weighted by molar-refractivity contribution is 6.07. The molecule has 0 spiro atoms. The number of amides is 1. The summed E-state index contributed by atoms with van der Waals surface area (Å²) < 4.78 is 0. The van der Waals surface area contributed by atoms with Crippen LogP contribution in [-0.4, -0.2) is 21.6 Å². The van der Waals surface area contributed by atoms with Crippen molar-refractivity contribution in [1.82, 2.24) is 15.4 Å². The molecule has 118 valence electrons. The van der Waals surface area contributed by atoms with E-state index >= 15 is 0 Å². The highest BCUT2D eigenvalue weighted by Crippen LogP contribution is 2.22. The lowest BCUT2D eigenvalue weighted by Crippen LogP contribution is -2.31. The van der Waals surface area contributed by atoms with E-state index < -0.39 is 0 Å². The van der Waals surface area contributed by atoms with Gasteiger partial charge in [0.1, 0.15) is 0 Å². The molecule has 1 N–H and O–H groups in total. The second-order valence-electron chi connectivity index (χ2n) is 5.96. The van der Waals surface area contributed by atoms with Gasteiger partial charge >= 0.3 is 0 Å². The molecule has 1 aromatic heterocycles. The quantitative estimate of drug-likeness (QED) is 0.789. The number of hydrogen-bond acceptors (Lipinski definition) is 4. The maximum atomic E-state index is 11.4. The number of hydrogen-bond donors (Lipinski definition) is 1. The van der Waals surface area contributed by atoms with Gasteiger partial charge in [0.2, 0.25) is 5.91 Å². The standard InChI is InChI=1S/C19H16N4O/c1-12-9-18(24)22-23-19(12)14-7-8-15-16(10-14)20-11-17(21-15)13-5-3-2-4-6-13/h2-8,10-12H,9H2,1H3,(H,22,24). The molecule has 2 aromatic carbocycles. The molecule has 2 heterocycles. The summed E-state index contributed by atoms with van der Waals surface area (Å²) in [4.78, 5) is 20.6. The Morgan fingerprint density at radius 2 is 1.88 bits per heavy atom. The van der Waals surface area contributed by atoms with Crippen LogP contribution in [0.1, 0.15) is 18.9 Å². The number of hydrazone groups is 1. The molecule has 5 nitrogen and oxygen atoms in total. The van der Waals surface area contributed by atoms with Crippen LogP contribution in [0.5, 0.6) is 0 Å². The SMILES string of the molecule is CC1CC(=O)NN=C1c1ccc2nc(-c3ccccc3)cnc2c1. The predicted molar refractivity (Wildman–Crippen MR) is 93.4 cm³/mol. The van der Waals surface area contributed by atoms with Gasteiger partial charge in [0.05, 0.1) is 28.6 Å². The average Bonchev–Trinajstić information content (AvgIpc) is 2.62. The van der Waals surface area contributed by atoms with Crippen molar-refractivity contribution in [1.29, 1.82) is 0 Å². The molecule has 0 saturated carbocycles. The first kappa shape index (κ1) is 14.5. The normalized spacial score (nSPS) is 17.5. The van der Waals surface area contributed by atoms with Crippen molar-refractivity contribution >= 4 is 22.7 Å². The van der Waals surface area contributed by atoms with E-state index in [1.54, 1.807) is 6.20 Å². The van der Waals surface area contributed by atoms with Gasteiger partial charge < -0.3 is 0 Å². The molecule has 1 aliphatic heterocycles. The molecule has 5 heteroatoms. The fraction of sp³-hybridized carbons (Fsp3) is 0.158. The van der Waals surface area contributed by atoms with Crippen molar-refractivity contribution in [3.63, 3.8) is 0 Å². The Morgan fingerprint density at radius 1 is 1.04 bits per heavy atom. The molecule has 3 aromatic rings. The summed E-state index contributed by atoms with van der Waals surface area (Å²) in [5.74, 6) is 0.0482. The summed E-state index contributed by atoms with van der Waals surface area (Å²) in [6.45, 7) is 2.01. The van der Waals surface area contributed by atoms with Gasteiger partial charge in [-0.2, -0.15) is 5.10 Å². The van der Waals surface area contributed by atoms with Crippen molar-refractivity contribution in [2.45, 2.75) is 13.3 Å². The Bertz CT molecular complexity index is 950. The molecule has 0 saturated heterocycles. The fourth-order valence-corrected chi connectivity index (χ4v) is 2.92. The Balaban J connectivity index is 1.74. The van der Waals surface area contributed by atoms with Crippen LogP contribution < -0.4 is 5.43 Å². The van der Waals surface area contributed by atoms with E-state index in [0.29, 0.717) is 6.42 Å². The van der Waals surface area contributed by atoms with Crippen LogP contribution in [0.2, 0.25) is 0 Å². The Morgan fingerprint density at radius 3 is 2.67 bits per heavy atom. The molecule has 1 amide bonds. The van der Waals surface area contributed by atoms with Crippen LogP contribution in [0, 0.1) is 5.92 Å². The number of fused-ring (bicyclic) bond motifs is 1. The smallest absolute Gasteiger partial charge is 0.240 e. The van der Waals surface area contributed by atoms with Gasteiger partial charge in [0, 0.05) is 23.5 Å². The number of carbonyl (C=O) groups is 1. The summed E-state index contributed by atoms with van der Waals surface area (Å²) >= 11 is 0. The van der Waals surface area contributed by atoms with Crippen LogP contribution in [0.25, 0.3) is 22.3 Å². The molecule has 0 radical (unpaired) electrons. The highest BCUT2D eigenvalue weighted by Gasteiger charge is 2.21. The van der Waals surface area contributed by atoms with Crippen molar-refractivity contribution in [3.05, 3.63) is 60.3 Å². The number of carbonyl (C=O) groups excluding carboxylic acids is 1. The van der Waals surface area contributed by atoms with E-state index in [2.05, 4.69) is 15.5 Å². The van der Waals surface area contributed by atoms with Crippen LogP contribution in [0.15, 0.2) is 59.8 Å². The van der Waals surface area contributed by atoms with Crippen molar-refractivity contribution in [2.75, 3.05) is 0 Å². The lowest BCUT2D eigenvalue weighted by atomic mass is 9.94.